The van der Waals surface area contributed by atoms with Crippen molar-refractivity contribution >= 4 is 56.7 Å². The number of aromatic nitrogens is 2. The summed E-state index contributed by atoms with van der Waals surface area (Å²) in [7, 11) is 1.55. The summed E-state index contributed by atoms with van der Waals surface area (Å²) in [4.78, 5) is 41.8. The molecule has 2 aromatic heterocycles. The number of carbonyl (C=O) groups excluding carboxylic acids is 3. The number of hydroxylamine groups is 1. The van der Waals surface area contributed by atoms with Crippen LogP contribution in [0, 0.1) is 6.92 Å². The van der Waals surface area contributed by atoms with E-state index in [0.717, 1.165) is 5.39 Å². The molecule has 180 valence electrons. The van der Waals surface area contributed by atoms with Gasteiger partial charge in [-0.2, -0.15) is 0 Å². The summed E-state index contributed by atoms with van der Waals surface area (Å²) < 4.78 is 6.94. The molecule has 0 atom stereocenters. The smallest absolute Gasteiger partial charge is 0.262 e. The first kappa shape index (κ1) is 24.4. The molecule has 0 radical (unpaired) electrons. The molecule has 0 bridgehead atoms. The summed E-state index contributed by atoms with van der Waals surface area (Å²) in [6.07, 6.45) is -0.121. The van der Waals surface area contributed by atoms with Crippen LogP contribution in [0.25, 0.3) is 10.9 Å². The van der Waals surface area contributed by atoms with Gasteiger partial charge in [0, 0.05) is 27.0 Å². The Morgan fingerprint density at radius 2 is 1.86 bits per heavy atom. The molecular weight excluding hydrogens is 492 g/mol. The molecule has 0 spiro atoms. The van der Waals surface area contributed by atoms with Gasteiger partial charge in [-0.1, -0.05) is 11.6 Å². The fraction of sp³-hybridized carbons (Fsp3) is 0.167. The molecule has 11 heteroatoms. The van der Waals surface area contributed by atoms with Crippen LogP contribution >= 0.6 is 22.9 Å². The van der Waals surface area contributed by atoms with Gasteiger partial charge in [0.15, 0.2) is 5.13 Å². The van der Waals surface area contributed by atoms with Crippen molar-refractivity contribution < 1.29 is 24.3 Å². The Kier molecular flexibility index (Phi) is 7.15. The van der Waals surface area contributed by atoms with Crippen LogP contribution in [0.1, 0.15) is 27.3 Å². The Bertz CT molecular complexity index is 1430. The molecule has 0 aliphatic rings. The van der Waals surface area contributed by atoms with E-state index in [1.54, 1.807) is 71.9 Å². The van der Waals surface area contributed by atoms with Crippen molar-refractivity contribution in [3.05, 3.63) is 75.4 Å². The summed E-state index contributed by atoms with van der Waals surface area (Å²) >= 11 is 7.14. The lowest BCUT2D eigenvalue weighted by molar-refractivity contribution is -0.128. The Labute approximate surface area is 209 Å². The molecule has 4 rings (SSSR count). The van der Waals surface area contributed by atoms with Gasteiger partial charge in [0.1, 0.15) is 5.75 Å². The second-order valence-electron chi connectivity index (χ2n) is 7.68. The van der Waals surface area contributed by atoms with Crippen LogP contribution in [0.15, 0.2) is 47.8 Å². The minimum Gasteiger partial charge on any atom is -0.497 e. The third kappa shape index (κ3) is 5.19. The lowest BCUT2D eigenvalue weighted by atomic mass is 10.1. The van der Waals surface area contributed by atoms with Crippen LogP contribution in [0.4, 0.5) is 5.13 Å². The zero-order valence-electron chi connectivity index (χ0n) is 18.8. The maximum atomic E-state index is 13.4. The average Bonchev–Trinajstić information content (AvgIpc) is 3.39. The Morgan fingerprint density at radius 1 is 1.11 bits per heavy atom. The molecule has 2 aromatic carbocycles. The van der Waals surface area contributed by atoms with Gasteiger partial charge in [-0.15, -0.1) is 11.3 Å². The van der Waals surface area contributed by atoms with E-state index in [2.05, 4.69) is 10.3 Å². The molecule has 0 fully saturated rings. The third-order valence-corrected chi connectivity index (χ3v) is 6.50. The van der Waals surface area contributed by atoms with Gasteiger partial charge in [-0.05, 0) is 55.0 Å². The van der Waals surface area contributed by atoms with Crippen molar-refractivity contribution in [1.29, 1.82) is 0 Å². The van der Waals surface area contributed by atoms with E-state index in [1.807, 2.05) is 0 Å². The number of thiazole rings is 1. The number of amides is 2. The van der Waals surface area contributed by atoms with Gasteiger partial charge < -0.3 is 10.1 Å². The molecule has 3 N–H and O–H groups in total. The third-order valence-electron chi connectivity index (χ3n) is 5.44. The van der Waals surface area contributed by atoms with Crippen molar-refractivity contribution in [2.75, 3.05) is 12.4 Å². The standard InChI is InChI=1S/C24H21ClN4O5S/c1-13-18(11-21(30)27-24-26-16(12-35-24)9-22(31)28-33)19-10-17(34-2)7-8-20(19)29(13)23(32)14-3-5-15(25)6-4-14/h3-8,10,12,33H,9,11H2,1-2H3,(H,28,31)(H,26,27,30). The number of hydrogen-bond acceptors (Lipinski definition) is 7. The van der Waals surface area contributed by atoms with Crippen molar-refractivity contribution in [3.8, 4) is 5.75 Å². The molecule has 0 saturated carbocycles. The average molecular weight is 513 g/mol. The fourth-order valence-electron chi connectivity index (χ4n) is 3.77. The van der Waals surface area contributed by atoms with Crippen LogP contribution < -0.4 is 15.5 Å². The number of nitrogens with zero attached hydrogens (tertiary/aromatic N) is 2. The van der Waals surface area contributed by atoms with Gasteiger partial charge in [0.25, 0.3) is 5.91 Å². The summed E-state index contributed by atoms with van der Waals surface area (Å²) in [6, 6.07) is 12.0. The highest BCUT2D eigenvalue weighted by Crippen LogP contribution is 2.31. The van der Waals surface area contributed by atoms with Crippen molar-refractivity contribution in [2.45, 2.75) is 19.8 Å². The van der Waals surface area contributed by atoms with Crippen molar-refractivity contribution in [1.82, 2.24) is 15.0 Å². The number of benzene rings is 2. The highest BCUT2D eigenvalue weighted by molar-refractivity contribution is 7.13. The monoisotopic (exact) mass is 512 g/mol. The second kappa shape index (κ2) is 10.3. The van der Waals surface area contributed by atoms with E-state index in [-0.39, 0.29) is 24.7 Å². The number of methoxy groups -OCH3 is 1. The zero-order chi connectivity index (χ0) is 25.1. The molecule has 9 nitrogen and oxygen atoms in total. The normalized spacial score (nSPS) is 10.9. The minimum absolute atomic E-state index is 0.0115. The Balaban J connectivity index is 1.66. The van der Waals surface area contributed by atoms with Crippen LogP contribution in [-0.2, 0) is 22.4 Å². The number of rotatable bonds is 7. The molecule has 2 amide bonds. The fourth-order valence-corrected chi connectivity index (χ4v) is 4.62. The highest BCUT2D eigenvalue weighted by atomic mass is 35.5. The number of hydrogen-bond donors (Lipinski definition) is 3. The lowest BCUT2D eigenvalue weighted by Gasteiger charge is -2.08. The lowest BCUT2D eigenvalue weighted by Crippen LogP contribution is -2.21. The number of fused-ring (bicyclic) bond motifs is 1. The Hall–Kier alpha value is -3.73. The molecule has 0 unspecified atom stereocenters. The molecule has 0 aliphatic carbocycles. The Morgan fingerprint density at radius 3 is 2.54 bits per heavy atom. The zero-order valence-corrected chi connectivity index (χ0v) is 20.4. The van der Waals surface area contributed by atoms with Crippen LogP contribution in [0.5, 0.6) is 5.75 Å². The van der Waals surface area contributed by atoms with E-state index in [9.17, 15) is 14.4 Å². The van der Waals surface area contributed by atoms with Gasteiger partial charge in [-0.3, -0.25) is 24.2 Å². The first-order valence-electron chi connectivity index (χ1n) is 10.5. The predicted molar refractivity (Wildman–Crippen MR) is 132 cm³/mol. The van der Waals surface area contributed by atoms with Gasteiger partial charge >= 0.3 is 0 Å². The minimum atomic E-state index is -0.601. The SMILES string of the molecule is COc1ccc2c(c1)c(CC(=O)Nc1nc(CC(=O)NO)cs1)c(C)n2C(=O)c1ccc(Cl)cc1. The second-order valence-corrected chi connectivity index (χ2v) is 8.97. The molecule has 0 aliphatic heterocycles. The topological polar surface area (TPSA) is 123 Å². The quantitative estimate of drug-likeness (QED) is 0.254. The number of nitrogens with one attached hydrogen (secondary N) is 2. The summed E-state index contributed by atoms with van der Waals surface area (Å²) in [5, 5.41) is 14.6. The van der Waals surface area contributed by atoms with Crippen LogP contribution in [0.3, 0.4) is 0 Å². The van der Waals surface area contributed by atoms with E-state index < -0.39 is 5.91 Å². The summed E-state index contributed by atoms with van der Waals surface area (Å²) in [6.45, 7) is 1.79. The van der Waals surface area contributed by atoms with E-state index in [4.69, 9.17) is 21.5 Å². The largest absolute Gasteiger partial charge is 0.497 e. The van der Waals surface area contributed by atoms with Gasteiger partial charge in [-0.25, -0.2) is 10.5 Å². The summed E-state index contributed by atoms with van der Waals surface area (Å²) in [5.74, 6) is -0.577. The van der Waals surface area contributed by atoms with Gasteiger partial charge in [0.05, 0.1) is 31.2 Å². The van der Waals surface area contributed by atoms with Crippen molar-refractivity contribution in [3.63, 3.8) is 0 Å². The molecular formula is C24H21ClN4O5S. The van der Waals surface area contributed by atoms with E-state index >= 15 is 0 Å². The van der Waals surface area contributed by atoms with E-state index in [0.29, 0.717) is 43.9 Å². The number of ether oxygens (including phenoxy) is 1. The highest BCUT2D eigenvalue weighted by Gasteiger charge is 2.22. The number of halogens is 1. The maximum absolute atomic E-state index is 13.4. The first-order valence-corrected chi connectivity index (χ1v) is 11.7. The van der Waals surface area contributed by atoms with Crippen LogP contribution in [-0.4, -0.2) is 39.6 Å². The summed E-state index contributed by atoms with van der Waals surface area (Å²) in [5.41, 5.74) is 4.38. The molecule has 35 heavy (non-hydrogen) atoms. The molecule has 2 heterocycles. The predicted octanol–water partition coefficient (Wildman–Crippen LogP) is 3.99. The van der Waals surface area contributed by atoms with Crippen LogP contribution in [0.2, 0.25) is 5.02 Å². The molecule has 4 aromatic rings. The maximum Gasteiger partial charge on any atom is 0.262 e. The number of carbonyl (C=O) groups is 3. The molecule has 0 saturated heterocycles. The number of anilines is 1. The van der Waals surface area contributed by atoms with Gasteiger partial charge in [0.2, 0.25) is 11.8 Å². The first-order chi connectivity index (χ1) is 16.8. The van der Waals surface area contributed by atoms with Crippen molar-refractivity contribution in [2.24, 2.45) is 0 Å². The van der Waals surface area contributed by atoms with E-state index in [1.165, 1.54) is 11.3 Å².